The van der Waals surface area contributed by atoms with E-state index in [1.807, 2.05) is 36.4 Å². The van der Waals surface area contributed by atoms with E-state index in [-0.39, 0.29) is 23.8 Å². The van der Waals surface area contributed by atoms with Crippen molar-refractivity contribution in [3.63, 3.8) is 0 Å². The number of carbonyl (C=O) groups is 2. The summed E-state index contributed by atoms with van der Waals surface area (Å²) in [4.78, 5) is 25.5. The van der Waals surface area contributed by atoms with E-state index in [4.69, 9.17) is 14.6 Å². The van der Waals surface area contributed by atoms with Gasteiger partial charge in [-0.3, -0.25) is 9.59 Å². The summed E-state index contributed by atoms with van der Waals surface area (Å²) >= 11 is 1.24. The average Bonchev–Trinajstić information content (AvgIpc) is 3.17. The standard InChI is InChI=1S/C18H15NO5S/c20-16(21)9-25-18-13-4-2-1-3-12(13)17(22)19(18)8-11-5-6-14-15(7-11)24-10-23-14/h1-7,18H,8-10H2,(H,20,21)/t18-/m0/s1. The molecule has 2 aliphatic heterocycles. The Bertz CT molecular complexity index is 853. The Morgan fingerprint density at radius 2 is 2.00 bits per heavy atom. The second-order valence-electron chi connectivity index (χ2n) is 5.77. The van der Waals surface area contributed by atoms with E-state index in [0.29, 0.717) is 23.6 Å². The van der Waals surface area contributed by atoms with E-state index in [1.54, 1.807) is 11.0 Å². The molecule has 0 saturated heterocycles. The molecule has 0 saturated carbocycles. The number of nitrogens with zero attached hydrogens (tertiary/aromatic N) is 1. The van der Waals surface area contributed by atoms with Gasteiger partial charge in [-0.05, 0) is 29.3 Å². The van der Waals surface area contributed by atoms with Crippen LogP contribution in [0.4, 0.5) is 0 Å². The minimum absolute atomic E-state index is 0.0656. The van der Waals surface area contributed by atoms with Crippen LogP contribution in [0, 0.1) is 0 Å². The molecule has 0 unspecified atom stereocenters. The predicted molar refractivity (Wildman–Crippen MR) is 91.7 cm³/mol. The Hall–Kier alpha value is -2.67. The molecule has 4 rings (SSSR count). The van der Waals surface area contributed by atoms with Gasteiger partial charge in [0.1, 0.15) is 5.37 Å². The number of aliphatic carboxylic acids is 1. The van der Waals surface area contributed by atoms with Gasteiger partial charge in [-0.25, -0.2) is 0 Å². The Balaban J connectivity index is 1.62. The molecule has 0 aromatic heterocycles. The summed E-state index contributed by atoms with van der Waals surface area (Å²) in [6.45, 7) is 0.575. The third-order valence-electron chi connectivity index (χ3n) is 4.16. The summed E-state index contributed by atoms with van der Waals surface area (Å²) in [5, 5.41) is 8.70. The summed E-state index contributed by atoms with van der Waals surface area (Å²) in [7, 11) is 0. The lowest BCUT2D eigenvalue weighted by Crippen LogP contribution is -2.26. The van der Waals surface area contributed by atoms with Crippen LogP contribution in [-0.2, 0) is 11.3 Å². The zero-order valence-electron chi connectivity index (χ0n) is 13.2. The van der Waals surface area contributed by atoms with E-state index in [9.17, 15) is 9.59 Å². The lowest BCUT2D eigenvalue weighted by Gasteiger charge is -2.24. The average molecular weight is 357 g/mol. The highest BCUT2D eigenvalue weighted by Crippen LogP contribution is 2.42. The molecule has 6 nitrogen and oxygen atoms in total. The number of ether oxygens (including phenoxy) is 2. The van der Waals surface area contributed by atoms with Gasteiger partial charge in [-0.15, -0.1) is 11.8 Å². The highest BCUT2D eigenvalue weighted by molar-refractivity contribution is 8.00. The summed E-state index contributed by atoms with van der Waals surface area (Å²) in [6, 6.07) is 12.9. The maximum Gasteiger partial charge on any atom is 0.313 e. The molecule has 1 atom stereocenters. The van der Waals surface area contributed by atoms with Crippen molar-refractivity contribution in [2.24, 2.45) is 0 Å². The molecule has 0 aliphatic carbocycles. The van der Waals surface area contributed by atoms with Crippen LogP contribution in [0.3, 0.4) is 0 Å². The number of hydrogen-bond donors (Lipinski definition) is 1. The molecule has 1 N–H and O–H groups in total. The van der Waals surface area contributed by atoms with Crippen molar-refractivity contribution >= 4 is 23.6 Å². The predicted octanol–water partition coefficient (Wildman–Crippen LogP) is 2.89. The molecule has 0 spiro atoms. The highest BCUT2D eigenvalue weighted by Gasteiger charge is 2.37. The second-order valence-corrected chi connectivity index (χ2v) is 6.83. The SMILES string of the molecule is O=C(O)CS[C@H]1c2ccccc2C(=O)N1Cc1ccc2c(c1)OCO2. The van der Waals surface area contributed by atoms with E-state index < -0.39 is 5.97 Å². The Morgan fingerprint density at radius 3 is 2.84 bits per heavy atom. The zero-order valence-corrected chi connectivity index (χ0v) is 14.0. The fourth-order valence-corrected chi connectivity index (χ4v) is 4.09. The van der Waals surface area contributed by atoms with Crippen LogP contribution in [0.1, 0.15) is 26.9 Å². The van der Waals surface area contributed by atoms with Crippen LogP contribution >= 0.6 is 11.8 Å². The van der Waals surface area contributed by atoms with Gasteiger partial charge in [0.05, 0.1) is 5.75 Å². The molecule has 0 bridgehead atoms. The molecular weight excluding hydrogens is 342 g/mol. The topological polar surface area (TPSA) is 76.1 Å². The number of amides is 1. The fourth-order valence-electron chi connectivity index (χ4n) is 3.06. The van der Waals surface area contributed by atoms with Crippen molar-refractivity contribution in [2.75, 3.05) is 12.5 Å². The molecule has 2 aromatic rings. The molecular formula is C18H15NO5S. The number of hydrogen-bond acceptors (Lipinski definition) is 5. The number of fused-ring (bicyclic) bond motifs is 2. The number of benzene rings is 2. The van der Waals surface area contributed by atoms with Crippen LogP contribution in [-0.4, -0.2) is 34.4 Å². The van der Waals surface area contributed by atoms with Crippen LogP contribution in [0.2, 0.25) is 0 Å². The van der Waals surface area contributed by atoms with Crippen molar-refractivity contribution in [1.29, 1.82) is 0 Å². The third kappa shape index (κ3) is 2.91. The Labute approximate surface area is 148 Å². The lowest BCUT2D eigenvalue weighted by atomic mass is 10.1. The lowest BCUT2D eigenvalue weighted by molar-refractivity contribution is -0.133. The first kappa shape index (κ1) is 15.8. The molecule has 7 heteroatoms. The van der Waals surface area contributed by atoms with Crippen LogP contribution in [0.25, 0.3) is 0 Å². The minimum atomic E-state index is -0.898. The maximum atomic E-state index is 12.8. The van der Waals surface area contributed by atoms with E-state index in [0.717, 1.165) is 11.1 Å². The third-order valence-corrected chi connectivity index (χ3v) is 5.39. The van der Waals surface area contributed by atoms with Gasteiger partial charge in [0, 0.05) is 12.1 Å². The number of carbonyl (C=O) groups excluding carboxylic acids is 1. The first-order chi connectivity index (χ1) is 12.1. The van der Waals surface area contributed by atoms with Gasteiger partial charge in [-0.1, -0.05) is 24.3 Å². The molecule has 2 aromatic carbocycles. The second kappa shape index (κ2) is 6.33. The van der Waals surface area contributed by atoms with Gasteiger partial charge in [-0.2, -0.15) is 0 Å². The maximum absolute atomic E-state index is 12.8. The Kier molecular flexibility index (Phi) is 4.01. The molecule has 2 aliphatic rings. The molecule has 2 heterocycles. The first-order valence-corrected chi connectivity index (χ1v) is 8.80. The summed E-state index contributed by atoms with van der Waals surface area (Å²) in [5.74, 6) is 0.304. The van der Waals surface area contributed by atoms with Crippen molar-refractivity contribution in [1.82, 2.24) is 4.90 Å². The van der Waals surface area contributed by atoms with E-state index in [1.165, 1.54) is 11.8 Å². The van der Waals surface area contributed by atoms with Gasteiger partial charge in [0.25, 0.3) is 5.91 Å². The summed E-state index contributed by atoms with van der Waals surface area (Å²) in [6.07, 6.45) is 0. The van der Waals surface area contributed by atoms with Crippen LogP contribution in [0.15, 0.2) is 42.5 Å². The molecule has 128 valence electrons. The summed E-state index contributed by atoms with van der Waals surface area (Å²) < 4.78 is 10.7. The van der Waals surface area contributed by atoms with Crippen molar-refractivity contribution in [3.05, 3.63) is 59.2 Å². The van der Waals surface area contributed by atoms with Gasteiger partial charge < -0.3 is 19.5 Å². The smallest absolute Gasteiger partial charge is 0.313 e. The van der Waals surface area contributed by atoms with Crippen molar-refractivity contribution in [2.45, 2.75) is 11.9 Å². The first-order valence-electron chi connectivity index (χ1n) is 7.75. The quantitative estimate of drug-likeness (QED) is 0.887. The molecule has 0 fully saturated rings. The van der Waals surface area contributed by atoms with Crippen LogP contribution in [0.5, 0.6) is 11.5 Å². The number of thioether (sulfide) groups is 1. The van der Waals surface area contributed by atoms with Gasteiger partial charge >= 0.3 is 5.97 Å². The minimum Gasteiger partial charge on any atom is -0.481 e. The van der Waals surface area contributed by atoms with Gasteiger partial charge in [0.15, 0.2) is 11.5 Å². The molecule has 1 amide bonds. The van der Waals surface area contributed by atoms with Gasteiger partial charge in [0.2, 0.25) is 6.79 Å². The monoisotopic (exact) mass is 357 g/mol. The molecule has 25 heavy (non-hydrogen) atoms. The largest absolute Gasteiger partial charge is 0.481 e. The van der Waals surface area contributed by atoms with E-state index >= 15 is 0 Å². The molecule has 0 radical (unpaired) electrons. The van der Waals surface area contributed by atoms with Crippen LogP contribution < -0.4 is 9.47 Å². The van der Waals surface area contributed by atoms with E-state index in [2.05, 4.69) is 0 Å². The normalized spacial score (nSPS) is 17.7. The number of rotatable bonds is 5. The summed E-state index contributed by atoms with van der Waals surface area (Å²) in [5.41, 5.74) is 2.40. The number of carboxylic acids is 1. The number of carboxylic acid groups (broad SMARTS) is 1. The Morgan fingerprint density at radius 1 is 1.20 bits per heavy atom. The van der Waals surface area contributed by atoms with Crippen molar-refractivity contribution in [3.8, 4) is 11.5 Å². The zero-order chi connectivity index (χ0) is 17.4. The highest BCUT2D eigenvalue weighted by atomic mass is 32.2. The van der Waals surface area contributed by atoms with Crippen molar-refractivity contribution < 1.29 is 24.2 Å². The fraction of sp³-hybridized carbons (Fsp3) is 0.222.